The number of rotatable bonds is 7. The molecule has 8 heteroatoms. The molecule has 0 spiro atoms. The van der Waals surface area contributed by atoms with Crippen LogP contribution in [0.5, 0.6) is 0 Å². The van der Waals surface area contributed by atoms with E-state index in [1.807, 2.05) is 13.0 Å². The average Bonchev–Trinajstić information content (AvgIpc) is 2.53. The molecule has 3 N–H and O–H groups in total. The normalized spacial score (nSPS) is 12.3. The van der Waals surface area contributed by atoms with Gasteiger partial charge in [-0.1, -0.05) is 24.3 Å². The van der Waals surface area contributed by atoms with Crippen LogP contribution < -0.4 is 9.86 Å². The standard InChI is InChI=1S/C17H22N2O4S2/c1-13-5-6-14(2)17(12-13)25(22,23)19-11-3-4-15-7-9-16(10-8-15)24(18,20)21/h5-10,12,19H,3-4,11H2,1-2H3,(H2,18,20,21). The second-order valence-corrected chi connectivity index (χ2v) is 9.26. The summed E-state index contributed by atoms with van der Waals surface area (Å²) in [4.78, 5) is 0.358. The van der Waals surface area contributed by atoms with Crippen molar-refractivity contribution < 1.29 is 16.8 Å². The lowest BCUT2D eigenvalue weighted by Crippen LogP contribution is -2.26. The maximum absolute atomic E-state index is 12.4. The third-order valence-electron chi connectivity index (χ3n) is 3.82. The first-order valence-electron chi connectivity index (χ1n) is 7.78. The first-order chi connectivity index (χ1) is 11.6. The van der Waals surface area contributed by atoms with Gasteiger partial charge in [0.15, 0.2) is 0 Å². The van der Waals surface area contributed by atoms with Crippen LogP contribution in [0.2, 0.25) is 0 Å². The van der Waals surface area contributed by atoms with Crippen LogP contribution in [-0.2, 0) is 26.5 Å². The van der Waals surface area contributed by atoms with Crippen molar-refractivity contribution in [3.63, 3.8) is 0 Å². The Morgan fingerprint density at radius 1 is 0.960 bits per heavy atom. The van der Waals surface area contributed by atoms with Gasteiger partial charge < -0.3 is 0 Å². The van der Waals surface area contributed by atoms with E-state index in [4.69, 9.17) is 5.14 Å². The zero-order chi connectivity index (χ0) is 18.7. The van der Waals surface area contributed by atoms with Crippen LogP contribution in [0.15, 0.2) is 52.3 Å². The second-order valence-electron chi connectivity index (χ2n) is 5.96. The molecule has 0 radical (unpaired) electrons. The summed E-state index contributed by atoms with van der Waals surface area (Å²) in [5, 5.41) is 5.05. The van der Waals surface area contributed by atoms with Crippen LogP contribution in [0.3, 0.4) is 0 Å². The molecule has 0 atom stereocenters. The van der Waals surface area contributed by atoms with Gasteiger partial charge in [0, 0.05) is 6.54 Å². The van der Waals surface area contributed by atoms with E-state index in [-0.39, 0.29) is 4.90 Å². The third-order valence-corrected chi connectivity index (χ3v) is 6.35. The third kappa shape index (κ3) is 5.37. The monoisotopic (exact) mass is 382 g/mol. The van der Waals surface area contributed by atoms with Crippen LogP contribution in [0.4, 0.5) is 0 Å². The van der Waals surface area contributed by atoms with Crippen molar-refractivity contribution in [2.45, 2.75) is 36.5 Å². The summed E-state index contributed by atoms with van der Waals surface area (Å²) in [7, 11) is -7.23. The number of nitrogens with one attached hydrogen (secondary N) is 1. The molecule has 0 amide bonds. The van der Waals surface area contributed by atoms with E-state index in [0.29, 0.717) is 29.8 Å². The van der Waals surface area contributed by atoms with E-state index in [9.17, 15) is 16.8 Å². The number of hydrogen-bond acceptors (Lipinski definition) is 4. The Bertz CT molecular complexity index is 951. The molecule has 0 aliphatic heterocycles. The lowest BCUT2D eigenvalue weighted by Gasteiger charge is -2.10. The van der Waals surface area contributed by atoms with Crippen LogP contribution in [0, 0.1) is 13.8 Å². The van der Waals surface area contributed by atoms with Crippen LogP contribution in [0.25, 0.3) is 0 Å². The van der Waals surface area contributed by atoms with Crippen molar-refractivity contribution in [3.8, 4) is 0 Å². The highest BCUT2D eigenvalue weighted by molar-refractivity contribution is 7.89. The van der Waals surface area contributed by atoms with Crippen molar-refractivity contribution in [2.75, 3.05) is 6.54 Å². The molecule has 0 saturated heterocycles. The minimum Gasteiger partial charge on any atom is -0.225 e. The molecule has 0 aromatic heterocycles. The maximum atomic E-state index is 12.4. The van der Waals surface area contributed by atoms with Crippen molar-refractivity contribution >= 4 is 20.0 Å². The van der Waals surface area contributed by atoms with Gasteiger partial charge in [0.25, 0.3) is 0 Å². The highest BCUT2D eigenvalue weighted by Crippen LogP contribution is 2.16. The van der Waals surface area contributed by atoms with Gasteiger partial charge >= 0.3 is 0 Å². The topological polar surface area (TPSA) is 106 Å². The molecule has 0 unspecified atom stereocenters. The Morgan fingerprint density at radius 2 is 1.60 bits per heavy atom. The highest BCUT2D eigenvalue weighted by atomic mass is 32.2. The van der Waals surface area contributed by atoms with Gasteiger partial charge in [0.2, 0.25) is 20.0 Å². The molecule has 25 heavy (non-hydrogen) atoms. The number of sulfonamides is 2. The zero-order valence-corrected chi connectivity index (χ0v) is 15.8. The molecule has 0 saturated carbocycles. The summed E-state index contributed by atoms with van der Waals surface area (Å²) < 4.78 is 49.8. The molecular weight excluding hydrogens is 360 g/mol. The first-order valence-corrected chi connectivity index (χ1v) is 10.8. The van der Waals surface area contributed by atoms with Gasteiger partial charge in [-0.3, -0.25) is 0 Å². The van der Waals surface area contributed by atoms with E-state index in [1.54, 1.807) is 31.2 Å². The van der Waals surface area contributed by atoms with E-state index in [1.165, 1.54) is 12.1 Å². The van der Waals surface area contributed by atoms with Crippen LogP contribution in [0.1, 0.15) is 23.1 Å². The number of nitrogens with two attached hydrogens (primary N) is 1. The second kappa shape index (κ2) is 7.65. The Labute approximate surface area is 149 Å². The molecule has 0 bridgehead atoms. The number of benzene rings is 2. The van der Waals surface area contributed by atoms with E-state index >= 15 is 0 Å². The summed E-state index contributed by atoms with van der Waals surface area (Å²) >= 11 is 0. The van der Waals surface area contributed by atoms with Gasteiger partial charge in [0.05, 0.1) is 9.79 Å². The molecule has 136 valence electrons. The largest absolute Gasteiger partial charge is 0.240 e. The van der Waals surface area contributed by atoms with Gasteiger partial charge in [0.1, 0.15) is 0 Å². The van der Waals surface area contributed by atoms with Crippen molar-refractivity contribution in [2.24, 2.45) is 5.14 Å². The number of aryl methyl sites for hydroxylation is 3. The van der Waals surface area contributed by atoms with E-state index < -0.39 is 20.0 Å². The lowest BCUT2D eigenvalue weighted by atomic mass is 10.1. The van der Waals surface area contributed by atoms with Gasteiger partial charge in [-0.25, -0.2) is 26.7 Å². The highest BCUT2D eigenvalue weighted by Gasteiger charge is 2.16. The first kappa shape index (κ1) is 19.6. The molecule has 0 aliphatic rings. The zero-order valence-electron chi connectivity index (χ0n) is 14.2. The summed E-state index contributed by atoms with van der Waals surface area (Å²) in [6.07, 6.45) is 1.22. The summed E-state index contributed by atoms with van der Waals surface area (Å²) in [5.74, 6) is 0. The molecule has 2 aromatic carbocycles. The lowest BCUT2D eigenvalue weighted by molar-refractivity contribution is 0.578. The Morgan fingerprint density at radius 3 is 2.20 bits per heavy atom. The predicted molar refractivity (Wildman–Crippen MR) is 97.2 cm³/mol. The molecule has 0 fully saturated rings. The minimum absolute atomic E-state index is 0.0619. The quantitative estimate of drug-likeness (QED) is 0.713. The number of primary sulfonamides is 1. The molecule has 0 heterocycles. The van der Waals surface area contributed by atoms with E-state index in [2.05, 4.69) is 4.72 Å². The molecule has 0 aliphatic carbocycles. The molecule has 2 rings (SSSR count). The minimum atomic E-state index is -3.69. The predicted octanol–water partition coefficient (Wildman–Crippen LogP) is 1.86. The van der Waals surface area contributed by atoms with Gasteiger partial charge in [-0.2, -0.15) is 0 Å². The fourth-order valence-corrected chi connectivity index (χ4v) is 4.34. The SMILES string of the molecule is Cc1ccc(C)c(S(=O)(=O)NCCCc2ccc(S(N)(=O)=O)cc2)c1. The summed E-state index contributed by atoms with van der Waals surface area (Å²) in [5.41, 5.74) is 2.51. The number of hydrogen-bond donors (Lipinski definition) is 2. The van der Waals surface area contributed by atoms with E-state index in [0.717, 1.165) is 11.1 Å². The van der Waals surface area contributed by atoms with Crippen molar-refractivity contribution in [1.82, 2.24) is 4.72 Å². The summed E-state index contributed by atoms with van der Waals surface area (Å²) in [6.45, 7) is 3.91. The fourth-order valence-electron chi connectivity index (χ4n) is 2.42. The fraction of sp³-hybridized carbons (Fsp3) is 0.294. The van der Waals surface area contributed by atoms with Crippen molar-refractivity contribution in [1.29, 1.82) is 0 Å². The molecule has 2 aromatic rings. The molecular formula is C17H22N2O4S2. The Balaban J connectivity index is 1.93. The Hall–Kier alpha value is -1.74. The smallest absolute Gasteiger partial charge is 0.225 e. The average molecular weight is 383 g/mol. The van der Waals surface area contributed by atoms with Crippen LogP contribution in [-0.4, -0.2) is 23.4 Å². The van der Waals surface area contributed by atoms with Crippen LogP contribution >= 0.6 is 0 Å². The van der Waals surface area contributed by atoms with Gasteiger partial charge in [-0.05, 0) is 61.6 Å². The van der Waals surface area contributed by atoms with Crippen molar-refractivity contribution in [3.05, 3.63) is 59.2 Å². The molecule has 6 nitrogen and oxygen atoms in total. The van der Waals surface area contributed by atoms with Gasteiger partial charge in [-0.15, -0.1) is 0 Å². The summed E-state index contributed by atoms with van der Waals surface area (Å²) in [6, 6.07) is 11.6. The maximum Gasteiger partial charge on any atom is 0.240 e. The Kier molecular flexibility index (Phi) is 5.99.